The summed E-state index contributed by atoms with van der Waals surface area (Å²) in [7, 11) is 0. The Morgan fingerprint density at radius 2 is 1.95 bits per heavy atom. The molecule has 116 valence electrons. The number of amides is 2. The van der Waals surface area contributed by atoms with E-state index >= 15 is 0 Å². The molecule has 1 aromatic carbocycles. The van der Waals surface area contributed by atoms with Crippen molar-refractivity contribution in [3.63, 3.8) is 0 Å². The van der Waals surface area contributed by atoms with Gasteiger partial charge >= 0.3 is 6.09 Å². The van der Waals surface area contributed by atoms with Crippen molar-refractivity contribution in [2.45, 2.75) is 32.4 Å². The maximum absolute atomic E-state index is 11.6. The third-order valence-electron chi connectivity index (χ3n) is 3.10. The van der Waals surface area contributed by atoms with Gasteiger partial charge in [0.2, 0.25) is 5.91 Å². The summed E-state index contributed by atoms with van der Waals surface area (Å²) in [6.07, 6.45) is -0.973. The average molecular weight is 294 g/mol. The predicted molar refractivity (Wildman–Crippen MR) is 78.8 cm³/mol. The second kappa shape index (κ2) is 8.97. The molecule has 1 rings (SSSR count). The van der Waals surface area contributed by atoms with E-state index in [1.807, 2.05) is 37.3 Å². The van der Waals surface area contributed by atoms with Crippen molar-refractivity contribution in [2.24, 2.45) is 0 Å². The zero-order chi connectivity index (χ0) is 15.7. The van der Waals surface area contributed by atoms with Gasteiger partial charge in [0.15, 0.2) is 0 Å². The normalized spacial score (nSPS) is 11.7. The van der Waals surface area contributed by atoms with Crippen LogP contribution in [0.2, 0.25) is 0 Å². The monoisotopic (exact) mass is 294 g/mol. The van der Waals surface area contributed by atoms with Crippen molar-refractivity contribution in [3.05, 3.63) is 35.9 Å². The third kappa shape index (κ3) is 6.76. The molecule has 6 heteroatoms. The number of rotatable bonds is 8. The van der Waals surface area contributed by atoms with Gasteiger partial charge in [-0.05, 0) is 12.0 Å². The van der Waals surface area contributed by atoms with Gasteiger partial charge in [-0.2, -0.15) is 0 Å². The van der Waals surface area contributed by atoms with E-state index in [-0.39, 0.29) is 32.0 Å². The lowest BCUT2D eigenvalue weighted by molar-refractivity contribution is -0.121. The summed E-state index contributed by atoms with van der Waals surface area (Å²) >= 11 is 0. The quantitative estimate of drug-likeness (QED) is 0.677. The molecule has 6 nitrogen and oxygen atoms in total. The fourth-order valence-electron chi connectivity index (χ4n) is 1.75. The van der Waals surface area contributed by atoms with Crippen molar-refractivity contribution in [1.82, 2.24) is 10.2 Å². The van der Waals surface area contributed by atoms with Gasteiger partial charge in [0.05, 0.1) is 6.10 Å². The minimum absolute atomic E-state index is 0.0789. The number of nitrogens with one attached hydrogen (secondary N) is 1. The third-order valence-corrected chi connectivity index (χ3v) is 3.10. The first-order valence-electron chi connectivity index (χ1n) is 6.99. The Labute approximate surface area is 124 Å². The minimum atomic E-state index is -1.06. The summed E-state index contributed by atoms with van der Waals surface area (Å²) < 4.78 is 0. The summed E-state index contributed by atoms with van der Waals surface area (Å²) in [4.78, 5) is 24.0. The van der Waals surface area contributed by atoms with Gasteiger partial charge in [0.25, 0.3) is 0 Å². The number of carboxylic acid groups (broad SMARTS) is 1. The lowest BCUT2D eigenvalue weighted by atomic mass is 10.2. The lowest BCUT2D eigenvalue weighted by Crippen LogP contribution is -2.36. The van der Waals surface area contributed by atoms with Gasteiger partial charge in [0, 0.05) is 26.1 Å². The van der Waals surface area contributed by atoms with Crippen LogP contribution in [-0.2, 0) is 11.3 Å². The van der Waals surface area contributed by atoms with Gasteiger partial charge in [0.1, 0.15) is 0 Å². The van der Waals surface area contributed by atoms with E-state index in [9.17, 15) is 14.7 Å². The highest BCUT2D eigenvalue weighted by Crippen LogP contribution is 2.05. The Morgan fingerprint density at radius 1 is 1.29 bits per heavy atom. The number of hydrogen-bond donors (Lipinski definition) is 3. The molecule has 0 radical (unpaired) electrons. The summed E-state index contributed by atoms with van der Waals surface area (Å²) in [6.45, 7) is 2.39. The number of hydrogen-bond acceptors (Lipinski definition) is 3. The van der Waals surface area contributed by atoms with Gasteiger partial charge in [-0.15, -0.1) is 0 Å². The van der Waals surface area contributed by atoms with E-state index in [1.54, 1.807) is 0 Å². The lowest BCUT2D eigenvalue weighted by Gasteiger charge is -2.19. The number of nitrogens with zero attached hydrogens (tertiary/aromatic N) is 1. The molecule has 0 saturated heterocycles. The van der Waals surface area contributed by atoms with Crippen LogP contribution in [0.25, 0.3) is 0 Å². The van der Waals surface area contributed by atoms with Crippen LogP contribution in [0.3, 0.4) is 0 Å². The number of carbonyl (C=O) groups is 2. The Balaban J connectivity index is 2.41. The highest BCUT2D eigenvalue weighted by Gasteiger charge is 2.14. The largest absolute Gasteiger partial charge is 0.465 e. The topological polar surface area (TPSA) is 89.9 Å². The Morgan fingerprint density at radius 3 is 2.52 bits per heavy atom. The molecule has 0 heterocycles. The zero-order valence-corrected chi connectivity index (χ0v) is 12.2. The van der Waals surface area contributed by atoms with Crippen molar-refractivity contribution in [2.75, 3.05) is 13.1 Å². The molecule has 0 fully saturated rings. The molecule has 1 unspecified atom stereocenters. The van der Waals surface area contributed by atoms with Crippen molar-refractivity contribution in [1.29, 1.82) is 0 Å². The first-order chi connectivity index (χ1) is 10.0. The molecule has 2 amide bonds. The van der Waals surface area contributed by atoms with Gasteiger partial charge in [-0.3, -0.25) is 4.79 Å². The van der Waals surface area contributed by atoms with Crippen molar-refractivity contribution in [3.8, 4) is 0 Å². The molecule has 1 aromatic rings. The summed E-state index contributed by atoms with van der Waals surface area (Å²) in [6, 6.07) is 9.23. The Kier molecular flexibility index (Phi) is 7.25. The molecular formula is C15H22N2O4. The molecule has 0 saturated carbocycles. The van der Waals surface area contributed by atoms with Crippen LogP contribution < -0.4 is 5.32 Å². The van der Waals surface area contributed by atoms with E-state index in [1.165, 1.54) is 4.90 Å². The van der Waals surface area contributed by atoms with Gasteiger partial charge < -0.3 is 20.4 Å². The second-order valence-corrected chi connectivity index (χ2v) is 4.81. The second-order valence-electron chi connectivity index (χ2n) is 4.81. The van der Waals surface area contributed by atoms with Crippen LogP contribution in [0.4, 0.5) is 4.79 Å². The maximum atomic E-state index is 11.6. The fraction of sp³-hybridized carbons (Fsp3) is 0.467. The molecule has 0 spiro atoms. The van der Waals surface area contributed by atoms with Gasteiger partial charge in [-0.1, -0.05) is 37.3 Å². The van der Waals surface area contributed by atoms with Gasteiger partial charge in [-0.25, -0.2) is 4.79 Å². The standard InChI is InChI=1S/C15H22N2O4/c1-2-13(18)10-16-14(19)8-9-17(15(20)21)11-12-6-4-3-5-7-12/h3-7,13,18H,2,8-11H2,1H3,(H,16,19)(H,20,21). The van der Waals surface area contributed by atoms with E-state index in [2.05, 4.69) is 5.32 Å². The highest BCUT2D eigenvalue weighted by atomic mass is 16.4. The number of benzene rings is 1. The summed E-state index contributed by atoms with van der Waals surface area (Å²) in [5.41, 5.74) is 0.877. The molecule has 0 aliphatic heterocycles. The van der Waals surface area contributed by atoms with Crippen LogP contribution in [0.5, 0.6) is 0 Å². The molecule has 0 bridgehead atoms. The van der Waals surface area contributed by atoms with E-state index in [0.717, 1.165) is 5.56 Å². The highest BCUT2D eigenvalue weighted by molar-refractivity contribution is 5.76. The number of aliphatic hydroxyl groups is 1. The van der Waals surface area contributed by atoms with Crippen LogP contribution in [-0.4, -0.2) is 46.3 Å². The van der Waals surface area contributed by atoms with Crippen molar-refractivity contribution >= 4 is 12.0 Å². The Bertz CT molecular complexity index is 450. The molecule has 1 atom stereocenters. The summed E-state index contributed by atoms with van der Waals surface area (Å²) in [5, 5.41) is 21.1. The zero-order valence-electron chi connectivity index (χ0n) is 12.2. The Hall–Kier alpha value is -2.08. The molecule has 21 heavy (non-hydrogen) atoms. The average Bonchev–Trinajstić information content (AvgIpc) is 2.49. The van der Waals surface area contributed by atoms with Crippen LogP contribution in [0.1, 0.15) is 25.3 Å². The maximum Gasteiger partial charge on any atom is 0.407 e. The minimum Gasteiger partial charge on any atom is -0.465 e. The van der Waals surface area contributed by atoms with Crippen LogP contribution >= 0.6 is 0 Å². The van der Waals surface area contributed by atoms with Crippen molar-refractivity contribution < 1.29 is 19.8 Å². The summed E-state index contributed by atoms with van der Waals surface area (Å²) in [5.74, 6) is -0.262. The molecular weight excluding hydrogens is 272 g/mol. The molecule has 0 aromatic heterocycles. The van der Waals surface area contributed by atoms with Crippen LogP contribution in [0, 0.1) is 0 Å². The van der Waals surface area contributed by atoms with E-state index in [0.29, 0.717) is 6.42 Å². The molecule has 0 aliphatic carbocycles. The predicted octanol–water partition coefficient (Wildman–Crippen LogP) is 1.44. The van der Waals surface area contributed by atoms with E-state index < -0.39 is 12.2 Å². The molecule has 0 aliphatic rings. The first kappa shape index (κ1) is 17.0. The SMILES string of the molecule is CCC(O)CNC(=O)CCN(Cc1ccccc1)C(=O)O. The fourth-order valence-corrected chi connectivity index (χ4v) is 1.75. The number of carbonyl (C=O) groups excluding carboxylic acids is 1. The number of aliphatic hydroxyl groups excluding tert-OH is 1. The smallest absolute Gasteiger partial charge is 0.407 e. The first-order valence-corrected chi connectivity index (χ1v) is 6.99. The van der Waals surface area contributed by atoms with Crippen LogP contribution in [0.15, 0.2) is 30.3 Å². The molecule has 3 N–H and O–H groups in total. The van der Waals surface area contributed by atoms with E-state index in [4.69, 9.17) is 5.11 Å².